The number of phenolic OH excluding ortho intramolecular Hbond substituents is 1. The third-order valence-electron chi connectivity index (χ3n) is 8.92. The molecule has 15 heteroatoms. The Morgan fingerprint density at radius 2 is 1.86 bits per heavy atom. The van der Waals surface area contributed by atoms with Crippen molar-refractivity contribution in [3.63, 3.8) is 0 Å². The maximum atomic E-state index is 14.1. The maximum Gasteiger partial charge on any atom is 0.271 e. The summed E-state index contributed by atoms with van der Waals surface area (Å²) < 4.78 is 5.76. The van der Waals surface area contributed by atoms with Gasteiger partial charge >= 0.3 is 0 Å². The minimum Gasteiger partial charge on any atom is -0.504 e. The lowest BCUT2D eigenvalue weighted by atomic mass is 9.56. The van der Waals surface area contributed by atoms with Crippen LogP contribution in [0.1, 0.15) is 24.3 Å². The number of halogens is 4. The molecule has 2 aromatic carbocycles. The van der Waals surface area contributed by atoms with E-state index in [-0.39, 0.29) is 41.2 Å². The van der Waals surface area contributed by atoms with Crippen molar-refractivity contribution in [1.29, 1.82) is 0 Å². The van der Waals surface area contributed by atoms with Crippen LogP contribution in [0.5, 0.6) is 11.5 Å². The summed E-state index contributed by atoms with van der Waals surface area (Å²) in [7, 11) is 1.37. The van der Waals surface area contributed by atoms with Gasteiger partial charge in [-0.05, 0) is 65.1 Å². The van der Waals surface area contributed by atoms with Crippen LogP contribution in [0.15, 0.2) is 48.0 Å². The first-order valence-electron chi connectivity index (χ1n) is 13.0. The number of imide groups is 2. The number of fused-ring (bicyclic) bond motifs is 4. The molecule has 11 nitrogen and oxygen atoms in total. The first kappa shape index (κ1) is 30.3. The molecule has 224 valence electrons. The van der Waals surface area contributed by atoms with Crippen LogP contribution in [0, 0.1) is 31.4 Å². The molecule has 0 aromatic heterocycles. The summed E-state index contributed by atoms with van der Waals surface area (Å²) in [4.78, 5) is 64.1. The van der Waals surface area contributed by atoms with Gasteiger partial charge in [-0.25, -0.2) is 4.90 Å². The number of rotatable bonds is 5. The van der Waals surface area contributed by atoms with Crippen molar-refractivity contribution in [2.75, 3.05) is 17.5 Å². The molecule has 2 aromatic rings. The average molecular weight is 805 g/mol. The second kappa shape index (κ2) is 10.4. The molecule has 0 unspecified atom stereocenters. The van der Waals surface area contributed by atoms with E-state index < -0.39 is 62.0 Å². The average Bonchev–Trinajstić information content (AvgIpc) is 3.32. The lowest BCUT2D eigenvalue weighted by molar-refractivity contribution is -0.384. The van der Waals surface area contributed by atoms with Crippen LogP contribution in [-0.4, -0.2) is 60.9 Å². The van der Waals surface area contributed by atoms with Gasteiger partial charge in [-0.15, -0.1) is 23.2 Å². The standard InChI is InChI=1S/C28H21BrCl2IN3O8/c1-43-19-8-12(7-18(32)22(19)36)21-15-5-6-16-20(17(15)10-27(30)25(39)33(11-29)26(40)28(21,27)31)24(38)34(23(16)37)13-3-2-4-14(9-13)35(41)42/h2-5,7-9,16-17,20-21,36H,6,10-11H2,1H3/t16-,17+,20-,21-,27+,28-/m0/s1. The highest BCUT2D eigenvalue weighted by Gasteiger charge is 2.76. The van der Waals surface area contributed by atoms with E-state index in [0.717, 1.165) is 15.9 Å². The zero-order chi connectivity index (χ0) is 31.2. The molecule has 4 amide bonds. The third kappa shape index (κ3) is 4.03. The van der Waals surface area contributed by atoms with Gasteiger partial charge < -0.3 is 9.84 Å². The topological polar surface area (TPSA) is 147 Å². The fraction of sp³-hybridized carbons (Fsp3) is 0.357. The van der Waals surface area contributed by atoms with Gasteiger partial charge in [-0.3, -0.25) is 34.2 Å². The number of anilines is 1. The molecular weight excluding hydrogens is 784 g/mol. The molecule has 6 rings (SSSR count). The molecule has 4 aliphatic rings. The Bertz CT molecular complexity index is 1690. The van der Waals surface area contributed by atoms with Crippen molar-refractivity contribution in [3.8, 4) is 11.5 Å². The predicted molar refractivity (Wildman–Crippen MR) is 166 cm³/mol. The number of carbonyl (C=O) groups is 4. The lowest BCUT2D eigenvalue weighted by Gasteiger charge is -2.50. The summed E-state index contributed by atoms with van der Waals surface area (Å²) >= 11 is 19.6. The maximum absolute atomic E-state index is 14.1. The van der Waals surface area contributed by atoms with Crippen molar-refractivity contribution in [1.82, 2.24) is 4.90 Å². The minimum atomic E-state index is -2.01. The molecule has 3 fully saturated rings. The van der Waals surface area contributed by atoms with Gasteiger partial charge in [0.25, 0.3) is 17.5 Å². The third-order valence-corrected chi connectivity index (χ3v) is 11.7. The van der Waals surface area contributed by atoms with Crippen LogP contribution in [0.3, 0.4) is 0 Å². The van der Waals surface area contributed by atoms with E-state index in [1.54, 1.807) is 12.1 Å². The summed E-state index contributed by atoms with van der Waals surface area (Å²) in [5.74, 6) is -6.18. The Hall–Kier alpha value is -2.75. The molecule has 2 aliphatic heterocycles. The van der Waals surface area contributed by atoms with Gasteiger partial charge in [-0.1, -0.05) is 33.6 Å². The van der Waals surface area contributed by atoms with Gasteiger partial charge in [0.15, 0.2) is 21.2 Å². The van der Waals surface area contributed by atoms with E-state index in [0.29, 0.717) is 14.7 Å². The number of allylic oxidation sites excluding steroid dienone is 2. The Labute approximate surface area is 276 Å². The fourth-order valence-corrected chi connectivity index (χ4v) is 9.09. The van der Waals surface area contributed by atoms with Gasteiger partial charge in [0, 0.05) is 18.1 Å². The summed E-state index contributed by atoms with van der Waals surface area (Å²) in [6, 6.07) is 8.40. The number of hydrogen-bond donors (Lipinski definition) is 1. The number of likely N-dealkylation sites (tertiary alicyclic amines) is 1. The molecule has 43 heavy (non-hydrogen) atoms. The van der Waals surface area contributed by atoms with Crippen LogP contribution >= 0.6 is 61.7 Å². The number of amides is 4. The quantitative estimate of drug-likeness (QED) is 0.0861. The van der Waals surface area contributed by atoms with Gasteiger partial charge in [-0.2, -0.15) is 0 Å². The number of carbonyl (C=O) groups excluding carboxylic acids is 4. The minimum absolute atomic E-state index is 0.0650. The van der Waals surface area contributed by atoms with E-state index in [9.17, 15) is 34.4 Å². The summed E-state index contributed by atoms with van der Waals surface area (Å²) in [6.07, 6.45) is 1.70. The number of nitro benzene ring substituents is 1. The highest BCUT2D eigenvalue weighted by molar-refractivity contribution is 14.1. The number of nitro groups is 1. The summed E-state index contributed by atoms with van der Waals surface area (Å²) in [5, 5.41) is 21.9. The fourth-order valence-electron chi connectivity index (χ4n) is 7.04. The van der Waals surface area contributed by atoms with E-state index in [1.807, 2.05) is 22.6 Å². The van der Waals surface area contributed by atoms with E-state index >= 15 is 0 Å². The first-order valence-corrected chi connectivity index (χ1v) is 16.0. The summed E-state index contributed by atoms with van der Waals surface area (Å²) in [5.41, 5.74) is 0.617. The number of ether oxygens (including phenoxy) is 1. The molecule has 6 atom stereocenters. The monoisotopic (exact) mass is 803 g/mol. The Morgan fingerprint density at radius 3 is 2.51 bits per heavy atom. The van der Waals surface area contributed by atoms with Crippen molar-refractivity contribution in [3.05, 3.63) is 67.3 Å². The second-order valence-corrected chi connectivity index (χ2v) is 13.7. The molecule has 0 spiro atoms. The number of non-ortho nitro benzene ring substituents is 1. The number of hydrogen-bond acceptors (Lipinski definition) is 8. The summed E-state index contributed by atoms with van der Waals surface area (Å²) in [6.45, 7) is 0. The Morgan fingerprint density at radius 1 is 1.14 bits per heavy atom. The Balaban J connectivity index is 1.53. The lowest BCUT2D eigenvalue weighted by Crippen LogP contribution is -2.60. The van der Waals surface area contributed by atoms with Crippen molar-refractivity contribution in [2.24, 2.45) is 17.8 Å². The molecule has 2 aliphatic carbocycles. The van der Waals surface area contributed by atoms with Gasteiger partial charge in [0.2, 0.25) is 11.8 Å². The zero-order valence-electron chi connectivity index (χ0n) is 22.1. The van der Waals surface area contributed by atoms with Crippen molar-refractivity contribution >= 4 is 96.7 Å². The highest BCUT2D eigenvalue weighted by atomic mass is 127. The van der Waals surface area contributed by atoms with Gasteiger partial charge in [0.1, 0.15) is 0 Å². The van der Waals surface area contributed by atoms with Crippen LogP contribution < -0.4 is 9.64 Å². The van der Waals surface area contributed by atoms with Crippen LogP contribution in [-0.2, 0) is 19.2 Å². The van der Waals surface area contributed by atoms with Crippen LogP contribution in [0.4, 0.5) is 11.4 Å². The number of methoxy groups -OCH3 is 1. The molecule has 1 saturated carbocycles. The largest absolute Gasteiger partial charge is 0.504 e. The number of benzene rings is 2. The van der Waals surface area contributed by atoms with Crippen LogP contribution in [0.2, 0.25) is 0 Å². The van der Waals surface area contributed by atoms with Crippen molar-refractivity contribution < 1.29 is 33.9 Å². The van der Waals surface area contributed by atoms with Crippen LogP contribution in [0.25, 0.3) is 0 Å². The normalized spacial score (nSPS) is 31.5. The SMILES string of the molecule is COc1cc([C@H]2C3=CC[C@@H]4C(=O)N(c5cccc([N+](=O)[O-])c5)C(=O)[C@@H]4[C@@H]3C[C@@]3(Cl)C(=O)N(CBr)C(=O)[C@@]23Cl)cc(I)c1O. The number of alkyl halides is 3. The molecule has 0 radical (unpaired) electrons. The smallest absolute Gasteiger partial charge is 0.271 e. The highest BCUT2D eigenvalue weighted by Crippen LogP contribution is 2.66. The zero-order valence-corrected chi connectivity index (χ0v) is 27.4. The van der Waals surface area contributed by atoms with E-state index in [1.165, 1.54) is 31.4 Å². The first-order chi connectivity index (χ1) is 20.3. The molecule has 2 heterocycles. The molecule has 0 bridgehead atoms. The van der Waals surface area contributed by atoms with Crippen molar-refractivity contribution in [2.45, 2.75) is 28.5 Å². The second-order valence-electron chi connectivity index (χ2n) is 10.8. The number of nitrogens with zero attached hydrogens (tertiary/aromatic N) is 3. The molecule has 2 saturated heterocycles. The predicted octanol–water partition coefficient (Wildman–Crippen LogP) is 4.83. The number of aromatic hydroxyl groups is 1. The molecule has 1 N–H and O–H groups in total. The van der Waals surface area contributed by atoms with Gasteiger partial charge in [0.05, 0.1) is 38.6 Å². The number of phenols is 1. The Kier molecular flexibility index (Phi) is 7.34. The molecular formula is C28H21BrCl2IN3O8. The van der Waals surface area contributed by atoms with E-state index in [4.69, 9.17) is 27.9 Å². The van der Waals surface area contributed by atoms with E-state index in [2.05, 4.69) is 15.9 Å².